The van der Waals surface area contributed by atoms with E-state index in [9.17, 15) is 4.39 Å². The molecular weight excluding hydrogens is 369 g/mol. The highest BCUT2D eigenvalue weighted by atomic mass is 79.9. The molecule has 3 nitrogen and oxygen atoms in total. The van der Waals surface area contributed by atoms with Gasteiger partial charge in [0.1, 0.15) is 5.82 Å². The van der Waals surface area contributed by atoms with Crippen molar-refractivity contribution in [2.75, 3.05) is 26.2 Å². The van der Waals surface area contributed by atoms with Crippen LogP contribution in [0.25, 0.3) is 0 Å². The highest BCUT2D eigenvalue weighted by molar-refractivity contribution is 9.10. The average Bonchev–Trinajstić information content (AvgIpc) is 2.76. The lowest BCUT2D eigenvalue weighted by Gasteiger charge is -2.22. The fourth-order valence-electron chi connectivity index (χ4n) is 3.15. The molecule has 1 aliphatic heterocycles. The summed E-state index contributed by atoms with van der Waals surface area (Å²) in [5.41, 5.74) is 3.37. The van der Waals surface area contributed by atoms with Gasteiger partial charge in [0.25, 0.3) is 0 Å². The van der Waals surface area contributed by atoms with Gasteiger partial charge in [-0.05, 0) is 72.2 Å². The standard InChI is InChI=1S/C19H23BrFN3/c1-15-4-2-5-17(22-15)14-24-9-3-8-23(10-11-24)13-16-6-7-19(21)18(20)12-16/h2,4-7,12H,3,8-11,13-14H2,1H3. The summed E-state index contributed by atoms with van der Waals surface area (Å²) in [5.74, 6) is -0.202. The van der Waals surface area contributed by atoms with Crippen LogP contribution in [-0.4, -0.2) is 41.0 Å². The van der Waals surface area contributed by atoms with Gasteiger partial charge in [0.2, 0.25) is 0 Å². The Morgan fingerprint density at radius 2 is 1.79 bits per heavy atom. The van der Waals surface area contributed by atoms with Crippen molar-refractivity contribution in [1.29, 1.82) is 0 Å². The number of nitrogens with zero attached hydrogens (tertiary/aromatic N) is 3. The second kappa shape index (κ2) is 8.19. The summed E-state index contributed by atoms with van der Waals surface area (Å²) in [6.45, 7) is 8.06. The monoisotopic (exact) mass is 391 g/mol. The lowest BCUT2D eigenvalue weighted by atomic mass is 10.2. The molecule has 0 bridgehead atoms. The van der Waals surface area contributed by atoms with E-state index in [0.29, 0.717) is 4.47 Å². The van der Waals surface area contributed by atoms with E-state index in [1.54, 1.807) is 0 Å². The first-order chi connectivity index (χ1) is 11.6. The molecule has 0 atom stereocenters. The van der Waals surface area contributed by atoms with Gasteiger partial charge in [-0.1, -0.05) is 12.1 Å². The Hall–Kier alpha value is -1.30. The van der Waals surface area contributed by atoms with Gasteiger partial charge in [0.15, 0.2) is 0 Å². The van der Waals surface area contributed by atoms with Crippen molar-refractivity contribution in [3.63, 3.8) is 0 Å². The van der Waals surface area contributed by atoms with Gasteiger partial charge in [-0.2, -0.15) is 0 Å². The number of halogens is 2. The highest BCUT2D eigenvalue weighted by Gasteiger charge is 2.16. The molecule has 0 saturated carbocycles. The van der Waals surface area contributed by atoms with Crippen LogP contribution in [-0.2, 0) is 13.1 Å². The van der Waals surface area contributed by atoms with Crippen molar-refractivity contribution in [3.05, 3.63) is 63.6 Å². The van der Waals surface area contributed by atoms with Gasteiger partial charge in [-0.3, -0.25) is 14.8 Å². The molecule has 0 unspecified atom stereocenters. The zero-order chi connectivity index (χ0) is 16.9. The SMILES string of the molecule is Cc1cccc(CN2CCCN(Cc3ccc(F)c(Br)c3)CC2)n1. The molecule has 24 heavy (non-hydrogen) atoms. The smallest absolute Gasteiger partial charge is 0.137 e. The predicted octanol–water partition coefficient (Wildman–Crippen LogP) is 4.00. The van der Waals surface area contributed by atoms with Crippen LogP contribution >= 0.6 is 15.9 Å². The largest absolute Gasteiger partial charge is 0.298 e. The van der Waals surface area contributed by atoms with E-state index in [4.69, 9.17) is 0 Å². The molecule has 128 valence electrons. The number of benzene rings is 1. The maximum atomic E-state index is 13.4. The lowest BCUT2D eigenvalue weighted by Crippen LogP contribution is -2.30. The lowest BCUT2D eigenvalue weighted by molar-refractivity contribution is 0.245. The Kier molecular flexibility index (Phi) is 5.98. The topological polar surface area (TPSA) is 19.4 Å². The van der Waals surface area contributed by atoms with Gasteiger partial charge in [0, 0.05) is 31.9 Å². The van der Waals surface area contributed by atoms with Crippen molar-refractivity contribution in [2.24, 2.45) is 0 Å². The maximum absolute atomic E-state index is 13.4. The quantitative estimate of drug-likeness (QED) is 0.784. The van der Waals surface area contributed by atoms with Crippen molar-refractivity contribution < 1.29 is 4.39 Å². The first kappa shape index (κ1) is 17.5. The van der Waals surface area contributed by atoms with Gasteiger partial charge < -0.3 is 0 Å². The third-order valence-electron chi connectivity index (χ3n) is 4.40. The fourth-order valence-corrected chi connectivity index (χ4v) is 3.58. The van der Waals surface area contributed by atoms with Crippen molar-refractivity contribution in [2.45, 2.75) is 26.4 Å². The van der Waals surface area contributed by atoms with Gasteiger partial charge in [0.05, 0.1) is 10.2 Å². The third kappa shape index (κ3) is 4.85. The molecule has 0 radical (unpaired) electrons. The predicted molar refractivity (Wildman–Crippen MR) is 98.2 cm³/mol. The molecule has 1 fully saturated rings. The number of pyridine rings is 1. The second-order valence-electron chi connectivity index (χ2n) is 6.42. The van der Waals surface area contributed by atoms with E-state index in [0.717, 1.165) is 62.6 Å². The van der Waals surface area contributed by atoms with E-state index < -0.39 is 0 Å². The first-order valence-corrected chi connectivity index (χ1v) is 9.20. The Balaban J connectivity index is 1.55. The number of hydrogen-bond donors (Lipinski definition) is 0. The number of aryl methyl sites for hydroxylation is 1. The van der Waals surface area contributed by atoms with E-state index in [-0.39, 0.29) is 5.82 Å². The Morgan fingerprint density at radius 1 is 1.04 bits per heavy atom. The first-order valence-electron chi connectivity index (χ1n) is 8.41. The number of hydrogen-bond acceptors (Lipinski definition) is 3. The van der Waals surface area contributed by atoms with Crippen LogP contribution in [0.5, 0.6) is 0 Å². The Bertz CT molecular complexity index is 692. The summed E-state index contributed by atoms with van der Waals surface area (Å²) < 4.78 is 13.9. The molecule has 5 heteroatoms. The third-order valence-corrected chi connectivity index (χ3v) is 5.01. The molecule has 2 heterocycles. The van der Waals surface area contributed by atoms with Crippen LogP contribution in [0.2, 0.25) is 0 Å². The zero-order valence-electron chi connectivity index (χ0n) is 14.0. The average molecular weight is 392 g/mol. The van der Waals surface area contributed by atoms with E-state index in [1.807, 2.05) is 25.1 Å². The van der Waals surface area contributed by atoms with Crippen molar-refractivity contribution in [1.82, 2.24) is 14.8 Å². The van der Waals surface area contributed by atoms with E-state index in [1.165, 1.54) is 6.07 Å². The molecule has 0 N–H and O–H groups in total. The molecule has 1 saturated heterocycles. The molecule has 2 aromatic rings. The number of rotatable bonds is 4. The Morgan fingerprint density at radius 3 is 2.50 bits per heavy atom. The molecule has 0 amide bonds. The summed E-state index contributed by atoms with van der Waals surface area (Å²) >= 11 is 3.27. The molecule has 0 aliphatic carbocycles. The molecular formula is C19H23BrFN3. The van der Waals surface area contributed by atoms with Crippen LogP contribution in [0.3, 0.4) is 0 Å². The second-order valence-corrected chi connectivity index (χ2v) is 7.28. The highest BCUT2D eigenvalue weighted by Crippen LogP contribution is 2.18. The zero-order valence-corrected chi connectivity index (χ0v) is 15.6. The molecule has 0 spiro atoms. The van der Waals surface area contributed by atoms with Crippen molar-refractivity contribution in [3.8, 4) is 0 Å². The van der Waals surface area contributed by atoms with Gasteiger partial charge >= 0.3 is 0 Å². The maximum Gasteiger partial charge on any atom is 0.137 e. The minimum Gasteiger partial charge on any atom is -0.298 e. The molecule has 3 rings (SSSR count). The van der Waals surface area contributed by atoms with E-state index in [2.05, 4.69) is 42.8 Å². The van der Waals surface area contributed by atoms with Crippen LogP contribution in [0.4, 0.5) is 4.39 Å². The summed E-state index contributed by atoms with van der Waals surface area (Å²) in [7, 11) is 0. The van der Waals surface area contributed by atoms with E-state index >= 15 is 0 Å². The van der Waals surface area contributed by atoms with Gasteiger partial charge in [-0.15, -0.1) is 0 Å². The van der Waals surface area contributed by atoms with Crippen LogP contribution in [0.1, 0.15) is 23.4 Å². The van der Waals surface area contributed by atoms with Crippen molar-refractivity contribution >= 4 is 15.9 Å². The minimum atomic E-state index is -0.202. The van der Waals surface area contributed by atoms with Crippen LogP contribution in [0, 0.1) is 12.7 Å². The minimum absolute atomic E-state index is 0.202. The van der Waals surface area contributed by atoms with Crippen LogP contribution in [0.15, 0.2) is 40.9 Å². The normalized spacial score (nSPS) is 17.0. The van der Waals surface area contributed by atoms with Gasteiger partial charge in [-0.25, -0.2) is 4.39 Å². The summed E-state index contributed by atoms with van der Waals surface area (Å²) in [6, 6.07) is 11.5. The number of aromatic nitrogens is 1. The Labute approximate surface area is 151 Å². The molecule has 1 aliphatic rings. The summed E-state index contributed by atoms with van der Waals surface area (Å²) in [4.78, 5) is 9.53. The summed E-state index contributed by atoms with van der Waals surface area (Å²) in [5, 5.41) is 0. The van der Waals surface area contributed by atoms with Crippen LogP contribution < -0.4 is 0 Å². The fraction of sp³-hybridized carbons (Fsp3) is 0.421. The molecule has 1 aromatic carbocycles. The molecule has 1 aromatic heterocycles. The summed E-state index contributed by atoms with van der Waals surface area (Å²) in [6.07, 6.45) is 1.15.